The fourth-order valence-corrected chi connectivity index (χ4v) is 2.08. The highest BCUT2D eigenvalue weighted by molar-refractivity contribution is 5.76. The number of amides is 1. The summed E-state index contributed by atoms with van der Waals surface area (Å²) in [5.41, 5.74) is 3.69. The average Bonchev–Trinajstić information content (AvgIpc) is 2.52. The highest BCUT2D eigenvalue weighted by Crippen LogP contribution is 2.07. The van der Waals surface area contributed by atoms with Gasteiger partial charge in [-0.25, -0.2) is 0 Å². The van der Waals surface area contributed by atoms with Crippen molar-refractivity contribution in [3.05, 3.63) is 71.3 Å². The minimum Gasteiger partial charge on any atom is -0.352 e. The molecule has 1 N–H and O–H groups in total. The van der Waals surface area contributed by atoms with Gasteiger partial charge in [0.25, 0.3) is 0 Å². The Hall–Kier alpha value is -2.09. The van der Waals surface area contributed by atoms with E-state index < -0.39 is 0 Å². The third-order valence-electron chi connectivity index (χ3n) is 3.40. The molecule has 1 amide bonds. The molecule has 2 heteroatoms. The van der Waals surface area contributed by atoms with Gasteiger partial charge in [0, 0.05) is 13.0 Å². The van der Waals surface area contributed by atoms with Gasteiger partial charge >= 0.3 is 0 Å². The minimum absolute atomic E-state index is 0.105. The molecule has 0 atom stereocenters. The summed E-state index contributed by atoms with van der Waals surface area (Å²) in [5.74, 6) is 0.105. The molecule has 20 heavy (non-hydrogen) atoms. The largest absolute Gasteiger partial charge is 0.352 e. The second-order valence-electron chi connectivity index (χ2n) is 4.93. The molecule has 0 aliphatic carbocycles. The molecule has 0 aliphatic heterocycles. The highest BCUT2D eigenvalue weighted by atomic mass is 16.1. The Bertz CT molecular complexity index is 531. The van der Waals surface area contributed by atoms with E-state index in [2.05, 4.69) is 36.5 Å². The van der Waals surface area contributed by atoms with Crippen LogP contribution in [0, 0.1) is 0 Å². The zero-order valence-corrected chi connectivity index (χ0v) is 11.9. The summed E-state index contributed by atoms with van der Waals surface area (Å²) in [5, 5.41) is 2.95. The van der Waals surface area contributed by atoms with E-state index in [-0.39, 0.29) is 5.91 Å². The lowest BCUT2D eigenvalue weighted by molar-refractivity contribution is -0.121. The Morgan fingerprint density at radius 2 is 1.55 bits per heavy atom. The standard InChI is InChI=1S/C18H21NO/c1-2-15-8-10-16(11-9-15)12-13-18(20)19-14-17-6-4-3-5-7-17/h3-11H,2,12-14H2,1H3,(H,19,20). The lowest BCUT2D eigenvalue weighted by Crippen LogP contribution is -2.22. The molecule has 0 unspecified atom stereocenters. The molecular formula is C18H21NO. The van der Waals surface area contributed by atoms with Crippen molar-refractivity contribution in [2.75, 3.05) is 0 Å². The number of nitrogens with one attached hydrogen (secondary N) is 1. The van der Waals surface area contributed by atoms with Gasteiger partial charge in [-0.1, -0.05) is 61.5 Å². The molecule has 0 spiro atoms. The molecule has 2 aromatic rings. The van der Waals surface area contributed by atoms with E-state index >= 15 is 0 Å². The predicted octanol–water partition coefficient (Wildman–Crippen LogP) is 3.50. The minimum atomic E-state index is 0.105. The maximum Gasteiger partial charge on any atom is 0.220 e. The van der Waals surface area contributed by atoms with Crippen LogP contribution in [-0.2, 0) is 24.2 Å². The predicted molar refractivity (Wildman–Crippen MR) is 82.4 cm³/mol. The first-order valence-electron chi connectivity index (χ1n) is 7.16. The summed E-state index contributed by atoms with van der Waals surface area (Å²) in [6.45, 7) is 2.75. The maximum absolute atomic E-state index is 11.8. The van der Waals surface area contributed by atoms with Crippen LogP contribution in [0.4, 0.5) is 0 Å². The number of rotatable bonds is 6. The van der Waals surface area contributed by atoms with E-state index in [9.17, 15) is 4.79 Å². The summed E-state index contributed by atoms with van der Waals surface area (Å²) < 4.78 is 0. The van der Waals surface area contributed by atoms with Crippen LogP contribution < -0.4 is 5.32 Å². The Morgan fingerprint density at radius 1 is 0.900 bits per heavy atom. The van der Waals surface area contributed by atoms with Crippen LogP contribution in [0.25, 0.3) is 0 Å². The van der Waals surface area contributed by atoms with Crippen molar-refractivity contribution >= 4 is 5.91 Å². The van der Waals surface area contributed by atoms with Crippen LogP contribution in [0.3, 0.4) is 0 Å². The Kier molecular flexibility index (Phi) is 5.36. The van der Waals surface area contributed by atoms with Gasteiger partial charge in [0.2, 0.25) is 5.91 Å². The van der Waals surface area contributed by atoms with E-state index in [0.29, 0.717) is 13.0 Å². The van der Waals surface area contributed by atoms with Crippen LogP contribution in [0.2, 0.25) is 0 Å². The molecule has 2 rings (SSSR count). The quantitative estimate of drug-likeness (QED) is 0.852. The molecule has 0 aliphatic rings. The topological polar surface area (TPSA) is 29.1 Å². The molecule has 0 aromatic heterocycles. The van der Waals surface area contributed by atoms with E-state index in [1.807, 2.05) is 30.3 Å². The molecule has 0 heterocycles. The Labute approximate surface area is 120 Å². The van der Waals surface area contributed by atoms with Crippen molar-refractivity contribution in [3.63, 3.8) is 0 Å². The van der Waals surface area contributed by atoms with Crippen molar-refractivity contribution in [3.8, 4) is 0 Å². The monoisotopic (exact) mass is 267 g/mol. The fraction of sp³-hybridized carbons (Fsp3) is 0.278. The SMILES string of the molecule is CCc1ccc(CCC(=O)NCc2ccccc2)cc1. The molecular weight excluding hydrogens is 246 g/mol. The van der Waals surface area contributed by atoms with E-state index in [1.54, 1.807) is 0 Å². The first-order valence-corrected chi connectivity index (χ1v) is 7.16. The Morgan fingerprint density at radius 3 is 2.20 bits per heavy atom. The van der Waals surface area contributed by atoms with Gasteiger partial charge in [0.15, 0.2) is 0 Å². The smallest absolute Gasteiger partial charge is 0.220 e. The zero-order chi connectivity index (χ0) is 14.2. The summed E-state index contributed by atoms with van der Waals surface area (Å²) in [6.07, 6.45) is 2.39. The van der Waals surface area contributed by atoms with E-state index in [0.717, 1.165) is 18.4 Å². The molecule has 0 bridgehead atoms. The molecule has 0 saturated carbocycles. The van der Waals surface area contributed by atoms with E-state index in [1.165, 1.54) is 11.1 Å². The number of hydrogen-bond acceptors (Lipinski definition) is 1. The lowest BCUT2D eigenvalue weighted by atomic mass is 10.1. The van der Waals surface area contributed by atoms with Crippen molar-refractivity contribution in [1.29, 1.82) is 0 Å². The molecule has 104 valence electrons. The average molecular weight is 267 g/mol. The highest BCUT2D eigenvalue weighted by Gasteiger charge is 2.02. The molecule has 0 saturated heterocycles. The summed E-state index contributed by atoms with van der Waals surface area (Å²) in [6, 6.07) is 18.5. The van der Waals surface area contributed by atoms with Crippen LogP contribution in [-0.4, -0.2) is 5.91 Å². The van der Waals surface area contributed by atoms with Gasteiger partial charge in [0.05, 0.1) is 0 Å². The van der Waals surface area contributed by atoms with Gasteiger partial charge < -0.3 is 5.32 Å². The zero-order valence-electron chi connectivity index (χ0n) is 11.9. The summed E-state index contributed by atoms with van der Waals surface area (Å²) in [7, 11) is 0. The second kappa shape index (κ2) is 7.49. The van der Waals surface area contributed by atoms with Crippen LogP contribution in [0.5, 0.6) is 0 Å². The molecule has 0 fully saturated rings. The summed E-state index contributed by atoms with van der Waals surface area (Å²) >= 11 is 0. The van der Waals surface area contributed by atoms with Gasteiger partial charge in [-0.3, -0.25) is 4.79 Å². The van der Waals surface area contributed by atoms with Gasteiger partial charge in [-0.2, -0.15) is 0 Å². The number of carbonyl (C=O) groups is 1. The van der Waals surface area contributed by atoms with Crippen molar-refractivity contribution in [2.45, 2.75) is 32.7 Å². The van der Waals surface area contributed by atoms with Crippen LogP contribution >= 0.6 is 0 Å². The fourth-order valence-electron chi connectivity index (χ4n) is 2.08. The normalized spacial score (nSPS) is 10.2. The van der Waals surface area contributed by atoms with Crippen molar-refractivity contribution < 1.29 is 4.79 Å². The van der Waals surface area contributed by atoms with Crippen LogP contribution in [0.15, 0.2) is 54.6 Å². The maximum atomic E-state index is 11.8. The van der Waals surface area contributed by atoms with Gasteiger partial charge in [-0.15, -0.1) is 0 Å². The van der Waals surface area contributed by atoms with Crippen molar-refractivity contribution in [2.24, 2.45) is 0 Å². The van der Waals surface area contributed by atoms with Gasteiger partial charge in [0.1, 0.15) is 0 Å². The number of aryl methyl sites for hydroxylation is 2. The number of benzene rings is 2. The third kappa shape index (κ3) is 4.54. The van der Waals surface area contributed by atoms with Crippen molar-refractivity contribution in [1.82, 2.24) is 5.32 Å². The number of hydrogen-bond donors (Lipinski definition) is 1. The molecule has 2 nitrogen and oxygen atoms in total. The lowest BCUT2D eigenvalue weighted by Gasteiger charge is -2.06. The first-order chi connectivity index (χ1) is 9.78. The molecule has 2 aromatic carbocycles. The molecule has 0 radical (unpaired) electrons. The van der Waals surface area contributed by atoms with E-state index in [4.69, 9.17) is 0 Å². The summed E-state index contributed by atoms with van der Waals surface area (Å²) in [4.78, 5) is 11.8. The number of carbonyl (C=O) groups excluding carboxylic acids is 1. The first kappa shape index (κ1) is 14.3. The Balaban J connectivity index is 1.74. The van der Waals surface area contributed by atoms with Crippen LogP contribution in [0.1, 0.15) is 30.0 Å². The third-order valence-corrected chi connectivity index (χ3v) is 3.40. The van der Waals surface area contributed by atoms with Gasteiger partial charge in [-0.05, 0) is 29.5 Å². The second-order valence-corrected chi connectivity index (χ2v) is 4.93.